The lowest BCUT2D eigenvalue weighted by Crippen LogP contribution is -2.29. The Kier molecular flexibility index (Phi) is 9.16. The summed E-state index contributed by atoms with van der Waals surface area (Å²) >= 11 is 1.04. The summed E-state index contributed by atoms with van der Waals surface area (Å²) in [5, 5.41) is 23.2. The molecule has 1 heterocycles. The Morgan fingerprint density at radius 2 is 1.73 bits per heavy atom. The van der Waals surface area contributed by atoms with Gasteiger partial charge in [-0.1, -0.05) is 0 Å². The Hall–Kier alpha value is -4.46. The molecule has 1 amide bonds. The molecular formula is C23H24N6O7S. The maximum Gasteiger partial charge on any atom is 0.307 e. The van der Waals surface area contributed by atoms with E-state index in [2.05, 4.69) is 19.9 Å². The molecule has 1 N–H and O–H groups in total. The van der Waals surface area contributed by atoms with Gasteiger partial charge < -0.3 is 19.7 Å². The van der Waals surface area contributed by atoms with Gasteiger partial charge in [-0.2, -0.15) is 4.37 Å². The maximum absolute atomic E-state index is 11.9. The van der Waals surface area contributed by atoms with Crippen molar-refractivity contribution >= 4 is 68.0 Å². The summed E-state index contributed by atoms with van der Waals surface area (Å²) in [6.45, 7) is 1.86. The van der Waals surface area contributed by atoms with Crippen LogP contribution in [0.1, 0.15) is 19.8 Å². The van der Waals surface area contributed by atoms with Crippen molar-refractivity contribution in [3.63, 3.8) is 0 Å². The van der Waals surface area contributed by atoms with Crippen molar-refractivity contribution in [2.75, 3.05) is 37.5 Å². The number of nitro groups is 1. The van der Waals surface area contributed by atoms with Crippen LogP contribution in [0.25, 0.3) is 10.9 Å². The quantitative estimate of drug-likeness (QED) is 0.163. The first-order chi connectivity index (χ1) is 17.7. The fourth-order valence-corrected chi connectivity index (χ4v) is 4.01. The predicted octanol–water partition coefficient (Wildman–Crippen LogP) is 4.51. The number of nitro benzene ring substituents is 1. The second-order valence-corrected chi connectivity index (χ2v) is 8.42. The normalized spacial score (nSPS) is 10.9. The Morgan fingerprint density at radius 3 is 2.32 bits per heavy atom. The number of rotatable bonds is 11. The molecule has 194 valence electrons. The summed E-state index contributed by atoms with van der Waals surface area (Å²) in [7, 11) is 2.58. The molecule has 2 aromatic carbocycles. The van der Waals surface area contributed by atoms with E-state index in [9.17, 15) is 24.5 Å². The molecule has 0 atom stereocenters. The molecule has 3 aromatic rings. The monoisotopic (exact) mass is 528 g/mol. The fraction of sp³-hybridized carbons (Fsp3) is 0.304. The number of carbonyl (C=O) groups excluding carboxylic acids is 3. The van der Waals surface area contributed by atoms with Crippen molar-refractivity contribution < 1.29 is 28.8 Å². The van der Waals surface area contributed by atoms with Gasteiger partial charge in [0.2, 0.25) is 5.91 Å². The van der Waals surface area contributed by atoms with Crippen LogP contribution in [0.5, 0.6) is 0 Å². The van der Waals surface area contributed by atoms with E-state index >= 15 is 0 Å². The van der Waals surface area contributed by atoms with Crippen LogP contribution in [-0.2, 0) is 23.9 Å². The third kappa shape index (κ3) is 7.27. The summed E-state index contributed by atoms with van der Waals surface area (Å²) in [5.41, 5.74) is 1.75. The summed E-state index contributed by atoms with van der Waals surface area (Å²) in [4.78, 5) is 47.7. The van der Waals surface area contributed by atoms with E-state index in [1.54, 1.807) is 23.1 Å². The standard InChI is InChI=1S/C23H24N6O7S/c1-14(30)24-20-13-15(28(10-8-21(31)35-2)11-9-22(32)36-3)4-7-19(20)25-26-23-17-12-16(29(33)34)5-6-18(17)27-37-23/h4-7,12-13H,8-11H2,1-3H3,(H,24,30). The highest BCUT2D eigenvalue weighted by molar-refractivity contribution is 7.11. The topological polar surface area (TPSA) is 166 Å². The molecule has 1 aromatic heterocycles. The van der Waals surface area contributed by atoms with E-state index in [0.29, 0.717) is 33.0 Å². The molecule has 0 saturated carbocycles. The lowest BCUT2D eigenvalue weighted by molar-refractivity contribution is -0.384. The van der Waals surface area contributed by atoms with E-state index in [4.69, 9.17) is 9.47 Å². The van der Waals surface area contributed by atoms with Crippen LogP contribution in [0, 0.1) is 10.1 Å². The molecule has 0 spiro atoms. The molecule has 0 unspecified atom stereocenters. The number of ether oxygens (including phenoxy) is 2. The highest BCUT2D eigenvalue weighted by Crippen LogP contribution is 2.36. The molecule has 13 nitrogen and oxygen atoms in total. The number of carbonyl (C=O) groups is 3. The first-order valence-electron chi connectivity index (χ1n) is 11.0. The Labute approximate surface area is 215 Å². The Morgan fingerprint density at radius 1 is 1.05 bits per heavy atom. The number of hydrogen-bond donors (Lipinski definition) is 1. The molecule has 37 heavy (non-hydrogen) atoms. The number of anilines is 2. The number of amides is 1. The van der Waals surface area contributed by atoms with Gasteiger partial charge in [-0.3, -0.25) is 24.5 Å². The molecule has 0 aliphatic rings. The second kappa shape index (κ2) is 12.5. The minimum Gasteiger partial charge on any atom is -0.469 e. The largest absolute Gasteiger partial charge is 0.469 e. The zero-order valence-electron chi connectivity index (χ0n) is 20.3. The van der Waals surface area contributed by atoms with Crippen molar-refractivity contribution in [2.24, 2.45) is 10.2 Å². The molecule has 3 rings (SSSR count). The van der Waals surface area contributed by atoms with Crippen LogP contribution >= 0.6 is 11.5 Å². The second-order valence-electron chi connectivity index (χ2n) is 7.67. The third-order valence-electron chi connectivity index (χ3n) is 5.18. The molecule has 0 aliphatic carbocycles. The number of non-ortho nitro benzene ring substituents is 1. The number of hydrogen-bond acceptors (Lipinski definition) is 12. The van der Waals surface area contributed by atoms with Crippen molar-refractivity contribution in [3.8, 4) is 0 Å². The van der Waals surface area contributed by atoms with Crippen molar-refractivity contribution in [3.05, 3.63) is 46.5 Å². The SMILES string of the molecule is COC(=O)CCN(CCC(=O)OC)c1ccc(N=Nc2snc3ccc([N+](=O)[O-])cc23)c(NC(C)=O)c1. The summed E-state index contributed by atoms with van der Waals surface area (Å²) in [6.07, 6.45) is 0.165. The molecule has 0 radical (unpaired) electrons. The van der Waals surface area contributed by atoms with E-state index in [-0.39, 0.29) is 37.5 Å². The predicted molar refractivity (Wildman–Crippen MR) is 137 cm³/mol. The zero-order valence-corrected chi connectivity index (χ0v) is 21.1. The van der Waals surface area contributed by atoms with Crippen LogP contribution < -0.4 is 10.2 Å². The van der Waals surface area contributed by atoms with Gasteiger partial charge >= 0.3 is 11.9 Å². The average molecular weight is 529 g/mol. The van der Waals surface area contributed by atoms with E-state index in [1.807, 2.05) is 0 Å². The Bertz CT molecular complexity index is 1340. The van der Waals surface area contributed by atoms with Gasteiger partial charge in [0.25, 0.3) is 5.69 Å². The molecule has 0 aliphatic heterocycles. The number of esters is 2. The smallest absolute Gasteiger partial charge is 0.307 e. The molecule has 0 fully saturated rings. The van der Waals surface area contributed by atoms with Crippen LogP contribution in [0.2, 0.25) is 0 Å². The fourth-order valence-electron chi connectivity index (χ4n) is 3.33. The van der Waals surface area contributed by atoms with Crippen molar-refractivity contribution in [2.45, 2.75) is 19.8 Å². The van der Waals surface area contributed by atoms with E-state index in [0.717, 1.165) is 11.5 Å². The maximum atomic E-state index is 11.9. The van der Waals surface area contributed by atoms with Gasteiger partial charge in [0.05, 0.1) is 43.2 Å². The van der Waals surface area contributed by atoms with E-state index in [1.165, 1.54) is 39.3 Å². The number of nitrogens with zero attached hydrogens (tertiary/aromatic N) is 5. The van der Waals surface area contributed by atoms with Crippen molar-refractivity contribution in [1.29, 1.82) is 0 Å². The van der Waals surface area contributed by atoms with Crippen LogP contribution in [0.4, 0.5) is 27.8 Å². The van der Waals surface area contributed by atoms with Crippen LogP contribution in [0.15, 0.2) is 46.6 Å². The number of methoxy groups -OCH3 is 2. The summed E-state index contributed by atoms with van der Waals surface area (Å²) < 4.78 is 13.7. The minimum atomic E-state index is -0.502. The number of benzene rings is 2. The van der Waals surface area contributed by atoms with Gasteiger partial charge in [0.1, 0.15) is 5.69 Å². The van der Waals surface area contributed by atoms with Crippen molar-refractivity contribution in [1.82, 2.24) is 4.37 Å². The number of fused-ring (bicyclic) bond motifs is 1. The van der Waals surface area contributed by atoms with Gasteiger partial charge in [-0.25, -0.2) is 0 Å². The Balaban J connectivity index is 1.94. The molecule has 0 bridgehead atoms. The van der Waals surface area contributed by atoms with Gasteiger partial charge in [0, 0.05) is 43.2 Å². The molecule has 14 heteroatoms. The summed E-state index contributed by atoms with van der Waals surface area (Å²) in [5.74, 6) is -1.16. The highest BCUT2D eigenvalue weighted by Gasteiger charge is 2.16. The number of aromatic nitrogens is 1. The third-order valence-corrected chi connectivity index (χ3v) is 5.95. The molecular weight excluding hydrogens is 504 g/mol. The lowest BCUT2D eigenvalue weighted by atomic mass is 10.2. The summed E-state index contributed by atoms with van der Waals surface area (Å²) in [6, 6.07) is 9.27. The first-order valence-corrected chi connectivity index (χ1v) is 11.7. The van der Waals surface area contributed by atoms with Crippen LogP contribution in [0.3, 0.4) is 0 Å². The van der Waals surface area contributed by atoms with Crippen LogP contribution in [-0.4, -0.2) is 54.5 Å². The highest BCUT2D eigenvalue weighted by atomic mass is 32.1. The first kappa shape index (κ1) is 27.1. The average Bonchev–Trinajstić information content (AvgIpc) is 3.29. The lowest BCUT2D eigenvalue weighted by Gasteiger charge is -2.25. The number of nitrogens with one attached hydrogen (secondary N) is 1. The minimum absolute atomic E-state index is 0.0825. The zero-order chi connectivity index (χ0) is 26.9. The van der Waals surface area contributed by atoms with Gasteiger partial charge in [-0.05, 0) is 35.8 Å². The number of azo groups is 1. The molecule has 0 saturated heterocycles. The van der Waals surface area contributed by atoms with Gasteiger partial charge in [-0.15, -0.1) is 10.2 Å². The van der Waals surface area contributed by atoms with E-state index < -0.39 is 16.9 Å². The van der Waals surface area contributed by atoms with Gasteiger partial charge in [0.15, 0.2) is 5.00 Å².